The second-order valence-electron chi connectivity index (χ2n) is 9.51. The molecule has 2 saturated heterocycles. The first-order valence-electron chi connectivity index (χ1n) is 12.7. The summed E-state index contributed by atoms with van der Waals surface area (Å²) in [7, 11) is 0. The molecular formula is C26H35N5OS2. The highest BCUT2D eigenvalue weighted by atomic mass is 32.1. The van der Waals surface area contributed by atoms with Crippen molar-refractivity contribution in [3.05, 3.63) is 57.1 Å². The Kier molecular flexibility index (Phi) is 7.67. The number of imidazole rings is 1. The number of nitrogens with zero attached hydrogens (tertiary/aromatic N) is 4. The summed E-state index contributed by atoms with van der Waals surface area (Å²) in [5.74, 6) is 0. The Morgan fingerprint density at radius 1 is 0.971 bits per heavy atom. The van der Waals surface area contributed by atoms with Crippen molar-refractivity contribution in [3.8, 4) is 0 Å². The standard InChI is InChI=1S/C26H35N5OS2/c32-26-30(16-7-15-28-13-4-1-5-14-28)23-9-2-3-10-24(23)31(26)21-11-17-29(18-12-21)25(33)27-20-22-8-6-19-34-22/h2-3,6,8-10,19,21H,1,4-5,7,11-18,20H2,(H,27,33). The van der Waals surface area contributed by atoms with Gasteiger partial charge in [-0.05, 0) is 87.5 Å². The average Bonchev–Trinajstić information content (AvgIpc) is 3.50. The van der Waals surface area contributed by atoms with Gasteiger partial charge in [0.2, 0.25) is 0 Å². The molecule has 4 heterocycles. The number of nitrogens with one attached hydrogen (secondary N) is 1. The van der Waals surface area contributed by atoms with Gasteiger partial charge in [0.1, 0.15) is 0 Å². The number of para-hydroxylation sites is 2. The van der Waals surface area contributed by atoms with Gasteiger partial charge in [-0.1, -0.05) is 24.6 Å². The van der Waals surface area contributed by atoms with E-state index in [0.717, 1.165) is 68.1 Å². The van der Waals surface area contributed by atoms with Crippen LogP contribution in [0.5, 0.6) is 0 Å². The molecule has 3 aromatic rings. The Hall–Kier alpha value is -2.16. The minimum atomic E-state index is 0.150. The molecule has 0 aliphatic carbocycles. The van der Waals surface area contributed by atoms with Gasteiger partial charge in [0.25, 0.3) is 0 Å². The summed E-state index contributed by atoms with van der Waals surface area (Å²) < 4.78 is 4.08. The first-order chi connectivity index (χ1) is 16.7. The van der Waals surface area contributed by atoms with Gasteiger partial charge in [-0.3, -0.25) is 9.13 Å². The molecule has 8 heteroatoms. The largest absolute Gasteiger partial charge is 0.358 e. The maximum Gasteiger partial charge on any atom is 0.329 e. The fourth-order valence-corrected chi connectivity index (χ4v) is 6.35. The first-order valence-corrected chi connectivity index (χ1v) is 14.0. The summed E-state index contributed by atoms with van der Waals surface area (Å²) in [6.07, 6.45) is 6.87. The van der Waals surface area contributed by atoms with Gasteiger partial charge in [-0.25, -0.2) is 4.79 Å². The minimum Gasteiger partial charge on any atom is -0.358 e. The maximum atomic E-state index is 13.6. The second-order valence-corrected chi connectivity index (χ2v) is 10.9. The van der Waals surface area contributed by atoms with E-state index >= 15 is 0 Å². The number of hydrogen-bond acceptors (Lipinski definition) is 4. The van der Waals surface area contributed by atoms with E-state index in [1.165, 1.54) is 37.2 Å². The molecule has 2 aliphatic heterocycles. The van der Waals surface area contributed by atoms with Crippen molar-refractivity contribution in [1.82, 2.24) is 24.3 Å². The molecule has 1 aromatic carbocycles. The van der Waals surface area contributed by atoms with E-state index in [9.17, 15) is 4.79 Å². The predicted molar refractivity (Wildman–Crippen MR) is 145 cm³/mol. The summed E-state index contributed by atoms with van der Waals surface area (Å²) in [4.78, 5) is 19.7. The Balaban J connectivity index is 1.23. The fourth-order valence-electron chi connectivity index (χ4n) is 5.45. The van der Waals surface area contributed by atoms with Gasteiger partial charge < -0.3 is 15.1 Å². The van der Waals surface area contributed by atoms with Gasteiger partial charge in [-0.15, -0.1) is 11.3 Å². The molecule has 2 aliphatic rings. The lowest BCUT2D eigenvalue weighted by molar-refractivity contribution is 0.222. The highest BCUT2D eigenvalue weighted by Gasteiger charge is 2.26. The third-order valence-electron chi connectivity index (χ3n) is 7.28. The molecule has 6 nitrogen and oxygen atoms in total. The number of benzene rings is 1. The quantitative estimate of drug-likeness (QED) is 0.489. The van der Waals surface area contributed by atoms with Crippen LogP contribution in [0.2, 0.25) is 0 Å². The molecule has 2 fully saturated rings. The molecular weight excluding hydrogens is 462 g/mol. The number of fused-ring (bicyclic) bond motifs is 1. The number of thiocarbonyl (C=S) groups is 1. The molecule has 2 aromatic heterocycles. The Bertz CT molecular complexity index is 1140. The molecule has 0 radical (unpaired) electrons. The summed E-state index contributed by atoms with van der Waals surface area (Å²) in [5, 5.41) is 6.31. The zero-order valence-corrected chi connectivity index (χ0v) is 21.5. The van der Waals surface area contributed by atoms with E-state index in [-0.39, 0.29) is 11.7 Å². The molecule has 0 spiro atoms. The maximum absolute atomic E-state index is 13.6. The highest BCUT2D eigenvalue weighted by Crippen LogP contribution is 2.26. The summed E-state index contributed by atoms with van der Waals surface area (Å²) in [6, 6.07) is 12.7. The van der Waals surface area contributed by atoms with Crippen molar-refractivity contribution in [2.75, 3.05) is 32.7 Å². The SMILES string of the molecule is O=c1n(CCCN2CCCCC2)c2ccccc2n1C1CCN(C(=S)NCc2cccs2)CC1. The Labute approximate surface area is 211 Å². The van der Waals surface area contributed by atoms with Crippen molar-refractivity contribution in [1.29, 1.82) is 0 Å². The van der Waals surface area contributed by atoms with Gasteiger partial charge in [0, 0.05) is 30.6 Å². The van der Waals surface area contributed by atoms with Gasteiger partial charge >= 0.3 is 5.69 Å². The third-order valence-corrected chi connectivity index (χ3v) is 8.56. The van der Waals surface area contributed by atoms with Gasteiger partial charge in [-0.2, -0.15) is 0 Å². The van der Waals surface area contributed by atoms with Gasteiger partial charge in [0.05, 0.1) is 17.6 Å². The minimum absolute atomic E-state index is 0.150. The van der Waals surface area contributed by atoms with Crippen molar-refractivity contribution < 1.29 is 0 Å². The average molecular weight is 498 g/mol. The number of aryl methyl sites for hydroxylation is 1. The van der Waals surface area contributed by atoms with Crippen molar-refractivity contribution in [3.63, 3.8) is 0 Å². The molecule has 0 atom stereocenters. The number of piperidine rings is 2. The first kappa shape index (κ1) is 23.6. The topological polar surface area (TPSA) is 45.4 Å². The van der Waals surface area contributed by atoms with E-state index in [1.54, 1.807) is 11.3 Å². The monoisotopic (exact) mass is 497 g/mol. The number of hydrogen-bond donors (Lipinski definition) is 1. The van der Waals surface area contributed by atoms with Crippen molar-refractivity contribution in [2.45, 2.75) is 57.7 Å². The van der Waals surface area contributed by atoms with E-state index in [1.807, 2.05) is 10.6 Å². The van der Waals surface area contributed by atoms with Crippen LogP contribution in [0.15, 0.2) is 46.6 Å². The fraction of sp³-hybridized carbons (Fsp3) is 0.538. The predicted octanol–water partition coefficient (Wildman–Crippen LogP) is 4.45. The lowest BCUT2D eigenvalue weighted by Gasteiger charge is -2.34. The molecule has 0 unspecified atom stereocenters. The van der Waals surface area contributed by atoms with Crippen molar-refractivity contribution in [2.24, 2.45) is 0 Å². The van der Waals surface area contributed by atoms with Crippen LogP contribution in [0.3, 0.4) is 0 Å². The molecule has 182 valence electrons. The van der Waals surface area contributed by atoms with Crippen LogP contribution in [0.1, 0.15) is 49.4 Å². The Morgan fingerprint density at radius 3 is 2.47 bits per heavy atom. The van der Waals surface area contributed by atoms with Gasteiger partial charge in [0.15, 0.2) is 5.11 Å². The number of rotatable bonds is 7. The molecule has 5 rings (SSSR count). The molecule has 0 amide bonds. The summed E-state index contributed by atoms with van der Waals surface area (Å²) >= 11 is 7.40. The third kappa shape index (κ3) is 5.24. The van der Waals surface area contributed by atoms with Crippen LogP contribution in [-0.4, -0.2) is 56.8 Å². The second kappa shape index (κ2) is 11.1. The van der Waals surface area contributed by atoms with Crippen LogP contribution >= 0.6 is 23.6 Å². The van der Waals surface area contributed by atoms with Crippen LogP contribution in [-0.2, 0) is 13.1 Å². The van der Waals surface area contributed by atoms with E-state index in [4.69, 9.17) is 12.2 Å². The molecule has 1 N–H and O–H groups in total. The smallest absolute Gasteiger partial charge is 0.329 e. The van der Waals surface area contributed by atoms with Crippen LogP contribution in [0.4, 0.5) is 0 Å². The van der Waals surface area contributed by atoms with E-state index < -0.39 is 0 Å². The lowest BCUT2D eigenvalue weighted by Crippen LogP contribution is -2.45. The van der Waals surface area contributed by atoms with Crippen LogP contribution < -0.4 is 11.0 Å². The zero-order valence-electron chi connectivity index (χ0n) is 19.8. The molecule has 0 saturated carbocycles. The normalized spacial score (nSPS) is 17.9. The molecule has 34 heavy (non-hydrogen) atoms. The van der Waals surface area contributed by atoms with Crippen LogP contribution in [0.25, 0.3) is 11.0 Å². The molecule has 0 bridgehead atoms. The number of aromatic nitrogens is 2. The summed E-state index contributed by atoms with van der Waals surface area (Å²) in [6.45, 7) is 6.82. The van der Waals surface area contributed by atoms with Crippen LogP contribution in [0, 0.1) is 0 Å². The zero-order chi connectivity index (χ0) is 23.3. The van der Waals surface area contributed by atoms with E-state index in [2.05, 4.69) is 55.4 Å². The highest BCUT2D eigenvalue weighted by molar-refractivity contribution is 7.80. The Morgan fingerprint density at radius 2 is 1.74 bits per heavy atom. The number of likely N-dealkylation sites (tertiary alicyclic amines) is 2. The summed E-state index contributed by atoms with van der Waals surface area (Å²) in [5.41, 5.74) is 2.29. The van der Waals surface area contributed by atoms with Crippen molar-refractivity contribution >= 4 is 39.7 Å². The lowest BCUT2D eigenvalue weighted by atomic mass is 10.0. The number of thiophene rings is 1. The van der Waals surface area contributed by atoms with E-state index in [0.29, 0.717) is 0 Å².